The summed E-state index contributed by atoms with van der Waals surface area (Å²) in [6.07, 6.45) is 3.49. The average Bonchev–Trinajstić information content (AvgIpc) is 2.38. The first kappa shape index (κ1) is 11.9. The van der Waals surface area contributed by atoms with Crippen molar-refractivity contribution in [1.82, 2.24) is 0 Å². The molecule has 0 amide bonds. The second-order valence-corrected chi connectivity index (χ2v) is 4.10. The van der Waals surface area contributed by atoms with Crippen LogP contribution in [0.3, 0.4) is 0 Å². The van der Waals surface area contributed by atoms with Crippen molar-refractivity contribution < 1.29 is 9.53 Å². The number of allylic oxidation sites excluding steroid dienone is 1. The molecule has 1 fully saturated rings. The van der Waals surface area contributed by atoms with Gasteiger partial charge in [-0.3, -0.25) is 4.79 Å². The van der Waals surface area contributed by atoms with Gasteiger partial charge in [-0.05, 0) is 30.7 Å². The number of morpholine rings is 1. The maximum Gasteiger partial charge on any atom is 0.152 e. The molecule has 1 aromatic rings. The van der Waals surface area contributed by atoms with Gasteiger partial charge in [0.2, 0.25) is 0 Å². The SMILES string of the molecule is CC(=O)/C=C/c1ccccc1N1CCOCC1. The number of ether oxygens (including phenoxy) is 1. The summed E-state index contributed by atoms with van der Waals surface area (Å²) in [5, 5.41) is 0. The van der Waals surface area contributed by atoms with Crippen LogP contribution in [0.15, 0.2) is 30.3 Å². The molecule has 2 rings (SSSR count). The summed E-state index contributed by atoms with van der Waals surface area (Å²) in [4.78, 5) is 13.3. The number of anilines is 1. The van der Waals surface area contributed by atoms with Gasteiger partial charge in [0.1, 0.15) is 0 Å². The lowest BCUT2D eigenvalue weighted by atomic mass is 10.1. The van der Waals surface area contributed by atoms with Crippen molar-refractivity contribution in [3.63, 3.8) is 0 Å². The first-order chi connectivity index (χ1) is 8.27. The summed E-state index contributed by atoms with van der Waals surface area (Å²) in [7, 11) is 0. The summed E-state index contributed by atoms with van der Waals surface area (Å²) in [6.45, 7) is 4.92. The quantitative estimate of drug-likeness (QED) is 0.746. The predicted molar refractivity (Wildman–Crippen MR) is 69.2 cm³/mol. The number of carbonyl (C=O) groups is 1. The van der Waals surface area contributed by atoms with Crippen molar-refractivity contribution in [3.8, 4) is 0 Å². The highest BCUT2D eigenvalue weighted by atomic mass is 16.5. The minimum Gasteiger partial charge on any atom is -0.378 e. The molecule has 0 atom stereocenters. The predicted octanol–water partition coefficient (Wildman–Crippen LogP) is 2.13. The zero-order valence-electron chi connectivity index (χ0n) is 10.1. The van der Waals surface area contributed by atoms with Gasteiger partial charge in [-0.15, -0.1) is 0 Å². The maximum atomic E-state index is 11.0. The molecule has 0 aliphatic carbocycles. The van der Waals surface area contributed by atoms with Gasteiger partial charge < -0.3 is 9.64 Å². The van der Waals surface area contributed by atoms with Crippen LogP contribution in [0.5, 0.6) is 0 Å². The van der Waals surface area contributed by atoms with Gasteiger partial charge >= 0.3 is 0 Å². The van der Waals surface area contributed by atoms with Crippen molar-refractivity contribution >= 4 is 17.5 Å². The zero-order chi connectivity index (χ0) is 12.1. The number of rotatable bonds is 3. The van der Waals surface area contributed by atoms with E-state index in [9.17, 15) is 4.79 Å². The van der Waals surface area contributed by atoms with E-state index in [0.29, 0.717) is 0 Å². The minimum atomic E-state index is 0.0711. The van der Waals surface area contributed by atoms with Gasteiger partial charge in [0.05, 0.1) is 13.2 Å². The Morgan fingerprint density at radius 2 is 2.00 bits per heavy atom. The number of carbonyl (C=O) groups excluding carboxylic acids is 1. The number of para-hydroxylation sites is 1. The molecule has 3 nitrogen and oxygen atoms in total. The van der Waals surface area contributed by atoms with Gasteiger partial charge in [0.25, 0.3) is 0 Å². The van der Waals surface area contributed by atoms with Crippen molar-refractivity contribution in [2.75, 3.05) is 31.2 Å². The Kier molecular flexibility index (Phi) is 3.94. The van der Waals surface area contributed by atoms with Crippen LogP contribution < -0.4 is 4.90 Å². The van der Waals surface area contributed by atoms with E-state index >= 15 is 0 Å². The Morgan fingerprint density at radius 3 is 2.71 bits per heavy atom. The number of nitrogens with zero attached hydrogens (tertiary/aromatic N) is 1. The molecular formula is C14H17NO2. The number of ketones is 1. The Labute approximate surface area is 102 Å². The number of benzene rings is 1. The van der Waals surface area contributed by atoms with E-state index in [-0.39, 0.29) is 5.78 Å². The summed E-state index contributed by atoms with van der Waals surface area (Å²) < 4.78 is 5.35. The summed E-state index contributed by atoms with van der Waals surface area (Å²) in [5.74, 6) is 0.0711. The molecule has 1 aliphatic rings. The van der Waals surface area contributed by atoms with Crippen LogP contribution >= 0.6 is 0 Å². The van der Waals surface area contributed by atoms with Gasteiger partial charge in [-0.1, -0.05) is 18.2 Å². The summed E-state index contributed by atoms with van der Waals surface area (Å²) >= 11 is 0. The monoisotopic (exact) mass is 231 g/mol. The lowest BCUT2D eigenvalue weighted by Crippen LogP contribution is -2.36. The Morgan fingerprint density at radius 1 is 1.29 bits per heavy atom. The maximum absolute atomic E-state index is 11.0. The molecular weight excluding hydrogens is 214 g/mol. The van der Waals surface area contributed by atoms with Crippen LogP contribution in [0.25, 0.3) is 6.08 Å². The van der Waals surface area contributed by atoms with E-state index in [4.69, 9.17) is 4.74 Å². The average molecular weight is 231 g/mol. The summed E-state index contributed by atoms with van der Waals surface area (Å²) in [5.41, 5.74) is 2.26. The highest BCUT2D eigenvalue weighted by Crippen LogP contribution is 2.22. The molecule has 90 valence electrons. The van der Waals surface area contributed by atoms with Crippen molar-refractivity contribution in [2.45, 2.75) is 6.92 Å². The van der Waals surface area contributed by atoms with E-state index < -0.39 is 0 Å². The van der Waals surface area contributed by atoms with Crippen LogP contribution in [0.1, 0.15) is 12.5 Å². The van der Waals surface area contributed by atoms with Gasteiger partial charge in [0.15, 0.2) is 5.78 Å². The molecule has 0 aromatic heterocycles. The molecule has 0 N–H and O–H groups in total. The van der Waals surface area contributed by atoms with Crippen LogP contribution in [0.2, 0.25) is 0 Å². The van der Waals surface area contributed by atoms with Crippen molar-refractivity contribution in [3.05, 3.63) is 35.9 Å². The molecule has 3 heteroatoms. The molecule has 0 spiro atoms. The smallest absolute Gasteiger partial charge is 0.152 e. The molecule has 1 saturated heterocycles. The van der Waals surface area contributed by atoms with Crippen LogP contribution in [0.4, 0.5) is 5.69 Å². The van der Waals surface area contributed by atoms with Gasteiger partial charge in [-0.25, -0.2) is 0 Å². The van der Waals surface area contributed by atoms with E-state index in [1.807, 2.05) is 24.3 Å². The zero-order valence-corrected chi connectivity index (χ0v) is 10.1. The van der Waals surface area contributed by atoms with E-state index in [0.717, 1.165) is 31.9 Å². The van der Waals surface area contributed by atoms with E-state index in [1.54, 1.807) is 13.0 Å². The van der Waals surface area contributed by atoms with Crippen LogP contribution in [0, 0.1) is 0 Å². The molecule has 0 saturated carbocycles. The highest BCUT2D eigenvalue weighted by molar-refractivity contribution is 5.92. The fourth-order valence-electron chi connectivity index (χ4n) is 1.93. The number of hydrogen-bond acceptors (Lipinski definition) is 3. The third-order valence-corrected chi connectivity index (χ3v) is 2.79. The minimum absolute atomic E-state index is 0.0711. The molecule has 0 bridgehead atoms. The molecule has 1 heterocycles. The van der Waals surface area contributed by atoms with Crippen molar-refractivity contribution in [1.29, 1.82) is 0 Å². The van der Waals surface area contributed by atoms with E-state index in [1.165, 1.54) is 5.69 Å². The lowest BCUT2D eigenvalue weighted by molar-refractivity contribution is -0.112. The van der Waals surface area contributed by atoms with Gasteiger partial charge in [-0.2, -0.15) is 0 Å². The number of hydrogen-bond donors (Lipinski definition) is 0. The van der Waals surface area contributed by atoms with Crippen LogP contribution in [-0.4, -0.2) is 32.1 Å². The third kappa shape index (κ3) is 3.17. The Balaban J connectivity index is 2.23. The standard InChI is InChI=1S/C14H17NO2/c1-12(16)6-7-13-4-2-3-5-14(13)15-8-10-17-11-9-15/h2-7H,8-11H2,1H3/b7-6+. The fourth-order valence-corrected chi connectivity index (χ4v) is 1.93. The topological polar surface area (TPSA) is 29.5 Å². The molecule has 1 aromatic carbocycles. The fraction of sp³-hybridized carbons (Fsp3) is 0.357. The second-order valence-electron chi connectivity index (χ2n) is 4.10. The molecule has 17 heavy (non-hydrogen) atoms. The highest BCUT2D eigenvalue weighted by Gasteiger charge is 2.12. The first-order valence-electron chi connectivity index (χ1n) is 5.88. The third-order valence-electron chi connectivity index (χ3n) is 2.79. The second kappa shape index (κ2) is 5.64. The Bertz CT molecular complexity index is 420. The summed E-state index contributed by atoms with van der Waals surface area (Å²) in [6, 6.07) is 8.13. The Hall–Kier alpha value is -1.61. The lowest BCUT2D eigenvalue weighted by Gasteiger charge is -2.30. The van der Waals surface area contributed by atoms with Gasteiger partial charge in [0, 0.05) is 18.8 Å². The largest absolute Gasteiger partial charge is 0.378 e. The van der Waals surface area contributed by atoms with Crippen LogP contribution in [-0.2, 0) is 9.53 Å². The molecule has 1 aliphatic heterocycles. The first-order valence-corrected chi connectivity index (χ1v) is 5.88. The molecule has 0 radical (unpaired) electrons. The van der Waals surface area contributed by atoms with Crippen molar-refractivity contribution in [2.24, 2.45) is 0 Å². The molecule has 0 unspecified atom stereocenters. The normalized spacial score (nSPS) is 16.4. The van der Waals surface area contributed by atoms with E-state index in [2.05, 4.69) is 11.0 Å².